The maximum Gasteiger partial charge on any atom is 0.143 e. The standard InChI is InChI=1S/C12H10FNOS/c13-10-6-11-12(15-3-2-14-11)5-9(10)8-1-4-16-7-8/h1,4-7,14H,2-3H2. The molecule has 0 saturated carbocycles. The minimum Gasteiger partial charge on any atom is -0.490 e. The summed E-state index contributed by atoms with van der Waals surface area (Å²) in [4.78, 5) is 0. The van der Waals surface area contributed by atoms with E-state index >= 15 is 0 Å². The Morgan fingerprint density at radius 1 is 1.38 bits per heavy atom. The zero-order chi connectivity index (χ0) is 11.0. The molecule has 82 valence electrons. The lowest BCUT2D eigenvalue weighted by Gasteiger charge is -2.20. The van der Waals surface area contributed by atoms with Crippen LogP contribution in [-0.2, 0) is 0 Å². The minimum absolute atomic E-state index is 0.213. The second kappa shape index (κ2) is 3.79. The molecular weight excluding hydrogens is 225 g/mol. The number of benzene rings is 1. The molecule has 2 heterocycles. The van der Waals surface area contributed by atoms with Crippen molar-refractivity contribution in [3.63, 3.8) is 0 Å². The molecule has 0 fully saturated rings. The van der Waals surface area contributed by atoms with Gasteiger partial charge in [-0.2, -0.15) is 11.3 Å². The molecule has 0 bridgehead atoms. The van der Waals surface area contributed by atoms with Crippen molar-refractivity contribution in [3.05, 3.63) is 34.8 Å². The second-order valence-corrected chi connectivity index (χ2v) is 4.40. The number of nitrogens with one attached hydrogen (secondary N) is 1. The van der Waals surface area contributed by atoms with E-state index in [1.165, 1.54) is 6.07 Å². The molecule has 0 amide bonds. The van der Waals surface area contributed by atoms with E-state index in [4.69, 9.17) is 4.74 Å². The van der Waals surface area contributed by atoms with Gasteiger partial charge in [0, 0.05) is 18.2 Å². The summed E-state index contributed by atoms with van der Waals surface area (Å²) in [6, 6.07) is 5.17. The SMILES string of the molecule is Fc1cc2c(cc1-c1ccsc1)OCCN2. The molecule has 2 aromatic rings. The predicted octanol–water partition coefficient (Wildman–Crippen LogP) is 3.36. The van der Waals surface area contributed by atoms with Crippen LogP contribution >= 0.6 is 11.3 Å². The van der Waals surface area contributed by atoms with Gasteiger partial charge in [0.05, 0.1) is 5.69 Å². The van der Waals surface area contributed by atoms with E-state index in [1.54, 1.807) is 17.4 Å². The van der Waals surface area contributed by atoms with Gasteiger partial charge < -0.3 is 10.1 Å². The first-order valence-corrected chi connectivity index (χ1v) is 6.01. The Labute approximate surface area is 96.7 Å². The molecule has 1 aliphatic heterocycles. The number of anilines is 1. The van der Waals surface area contributed by atoms with Gasteiger partial charge in [-0.1, -0.05) is 0 Å². The molecule has 0 unspecified atom stereocenters. The van der Waals surface area contributed by atoms with Gasteiger partial charge in [0.15, 0.2) is 0 Å². The van der Waals surface area contributed by atoms with Crippen molar-refractivity contribution in [3.8, 4) is 16.9 Å². The van der Waals surface area contributed by atoms with Crippen LogP contribution in [0.3, 0.4) is 0 Å². The fourth-order valence-corrected chi connectivity index (χ4v) is 2.45. The summed E-state index contributed by atoms with van der Waals surface area (Å²) in [7, 11) is 0. The predicted molar refractivity (Wildman–Crippen MR) is 63.7 cm³/mol. The van der Waals surface area contributed by atoms with Gasteiger partial charge >= 0.3 is 0 Å². The van der Waals surface area contributed by atoms with Gasteiger partial charge in [-0.25, -0.2) is 4.39 Å². The normalized spacial score (nSPS) is 13.8. The molecule has 4 heteroatoms. The van der Waals surface area contributed by atoms with Crippen LogP contribution in [0.25, 0.3) is 11.1 Å². The summed E-state index contributed by atoms with van der Waals surface area (Å²) in [5, 5.41) is 6.98. The Morgan fingerprint density at radius 3 is 3.12 bits per heavy atom. The average molecular weight is 235 g/mol. The number of fused-ring (bicyclic) bond motifs is 1. The highest BCUT2D eigenvalue weighted by Crippen LogP contribution is 2.35. The van der Waals surface area contributed by atoms with Crippen LogP contribution in [0.4, 0.5) is 10.1 Å². The summed E-state index contributed by atoms with van der Waals surface area (Å²) in [5.41, 5.74) is 2.24. The number of hydrogen-bond donors (Lipinski definition) is 1. The molecule has 1 N–H and O–H groups in total. The first-order valence-electron chi connectivity index (χ1n) is 5.07. The molecule has 0 atom stereocenters. The molecule has 2 nitrogen and oxygen atoms in total. The van der Waals surface area contributed by atoms with Gasteiger partial charge in [0.25, 0.3) is 0 Å². The van der Waals surface area contributed by atoms with Gasteiger partial charge in [-0.15, -0.1) is 0 Å². The summed E-state index contributed by atoms with van der Waals surface area (Å²) >= 11 is 1.56. The van der Waals surface area contributed by atoms with Crippen LogP contribution in [0, 0.1) is 5.82 Å². The van der Waals surface area contributed by atoms with Crippen molar-refractivity contribution in [2.45, 2.75) is 0 Å². The van der Waals surface area contributed by atoms with E-state index in [1.807, 2.05) is 16.8 Å². The number of rotatable bonds is 1. The highest BCUT2D eigenvalue weighted by molar-refractivity contribution is 7.08. The summed E-state index contributed by atoms with van der Waals surface area (Å²) in [5.74, 6) is 0.518. The second-order valence-electron chi connectivity index (χ2n) is 3.62. The van der Waals surface area contributed by atoms with Crippen molar-refractivity contribution in [1.82, 2.24) is 0 Å². The van der Waals surface area contributed by atoms with Crippen molar-refractivity contribution in [2.75, 3.05) is 18.5 Å². The Balaban J connectivity index is 2.12. The monoisotopic (exact) mass is 235 g/mol. The summed E-state index contributed by atoms with van der Waals surface area (Å²) < 4.78 is 19.3. The lowest BCUT2D eigenvalue weighted by atomic mass is 10.1. The van der Waals surface area contributed by atoms with Crippen LogP contribution < -0.4 is 10.1 Å². The van der Waals surface area contributed by atoms with Crippen molar-refractivity contribution >= 4 is 17.0 Å². The number of halogens is 1. The molecule has 16 heavy (non-hydrogen) atoms. The maximum absolute atomic E-state index is 13.8. The number of thiophene rings is 1. The highest BCUT2D eigenvalue weighted by Gasteiger charge is 2.15. The molecule has 0 aliphatic carbocycles. The third-order valence-electron chi connectivity index (χ3n) is 2.58. The lowest BCUT2D eigenvalue weighted by Crippen LogP contribution is -2.18. The van der Waals surface area contributed by atoms with E-state index < -0.39 is 0 Å². The highest BCUT2D eigenvalue weighted by atomic mass is 32.1. The minimum atomic E-state index is -0.213. The van der Waals surface area contributed by atoms with Gasteiger partial charge in [-0.3, -0.25) is 0 Å². The largest absolute Gasteiger partial charge is 0.490 e. The topological polar surface area (TPSA) is 21.3 Å². The van der Waals surface area contributed by atoms with E-state index in [9.17, 15) is 4.39 Å². The summed E-state index contributed by atoms with van der Waals surface area (Å²) in [6.07, 6.45) is 0. The van der Waals surface area contributed by atoms with Crippen LogP contribution in [0.5, 0.6) is 5.75 Å². The zero-order valence-electron chi connectivity index (χ0n) is 8.50. The Kier molecular flexibility index (Phi) is 2.29. The number of hydrogen-bond acceptors (Lipinski definition) is 3. The molecule has 0 spiro atoms. The Morgan fingerprint density at radius 2 is 2.31 bits per heavy atom. The Hall–Kier alpha value is -1.55. The van der Waals surface area contributed by atoms with Crippen molar-refractivity contribution < 1.29 is 9.13 Å². The average Bonchev–Trinajstić information content (AvgIpc) is 2.81. The quantitative estimate of drug-likeness (QED) is 0.818. The number of ether oxygens (including phenoxy) is 1. The molecule has 1 aromatic carbocycles. The molecule has 0 saturated heterocycles. The smallest absolute Gasteiger partial charge is 0.143 e. The van der Waals surface area contributed by atoms with E-state index in [0.717, 1.165) is 23.5 Å². The van der Waals surface area contributed by atoms with Crippen LogP contribution in [0.15, 0.2) is 29.0 Å². The summed E-state index contributed by atoms with van der Waals surface area (Å²) in [6.45, 7) is 1.35. The zero-order valence-corrected chi connectivity index (χ0v) is 9.31. The van der Waals surface area contributed by atoms with Crippen LogP contribution in [0.2, 0.25) is 0 Å². The fourth-order valence-electron chi connectivity index (χ4n) is 1.80. The first-order chi connectivity index (χ1) is 7.84. The van der Waals surface area contributed by atoms with Gasteiger partial charge in [0.2, 0.25) is 0 Å². The van der Waals surface area contributed by atoms with Gasteiger partial charge in [-0.05, 0) is 28.5 Å². The van der Waals surface area contributed by atoms with E-state index in [2.05, 4.69) is 5.32 Å². The van der Waals surface area contributed by atoms with Crippen molar-refractivity contribution in [1.29, 1.82) is 0 Å². The first kappa shape index (κ1) is 9.66. The molecule has 1 aromatic heterocycles. The third-order valence-corrected chi connectivity index (χ3v) is 3.26. The van der Waals surface area contributed by atoms with Gasteiger partial charge in [0.1, 0.15) is 18.2 Å². The van der Waals surface area contributed by atoms with Crippen LogP contribution in [-0.4, -0.2) is 13.2 Å². The lowest BCUT2D eigenvalue weighted by molar-refractivity contribution is 0.323. The van der Waals surface area contributed by atoms with E-state index in [-0.39, 0.29) is 5.82 Å². The Bertz CT molecular complexity index is 510. The molecular formula is C12H10FNOS. The molecule has 0 radical (unpaired) electrons. The maximum atomic E-state index is 13.8. The fraction of sp³-hybridized carbons (Fsp3) is 0.167. The molecule has 3 rings (SSSR count). The molecule has 1 aliphatic rings. The van der Waals surface area contributed by atoms with E-state index in [0.29, 0.717) is 12.2 Å². The third kappa shape index (κ3) is 1.55. The van der Waals surface area contributed by atoms with Crippen molar-refractivity contribution in [2.24, 2.45) is 0 Å². The van der Waals surface area contributed by atoms with Crippen LogP contribution in [0.1, 0.15) is 0 Å².